The van der Waals surface area contributed by atoms with E-state index in [9.17, 15) is 0 Å². The molecule has 1 aliphatic carbocycles. The fraction of sp³-hybridized carbons (Fsp3) is 1.00. The number of hydrogen-bond acceptors (Lipinski definition) is 3. The highest BCUT2D eigenvalue weighted by molar-refractivity contribution is 4.94. The molecule has 124 valence electrons. The molecule has 0 aromatic carbocycles. The first-order valence-electron chi connectivity index (χ1n) is 9.05. The van der Waals surface area contributed by atoms with E-state index in [1.807, 2.05) is 0 Å². The molecule has 3 heteroatoms. The number of likely N-dealkylation sites (tertiary alicyclic amines) is 1. The van der Waals surface area contributed by atoms with Gasteiger partial charge >= 0.3 is 0 Å². The maximum atomic E-state index is 3.66. The minimum absolute atomic E-state index is 0.531. The highest BCUT2D eigenvalue weighted by Gasteiger charge is 2.39. The van der Waals surface area contributed by atoms with Crippen LogP contribution >= 0.6 is 0 Å². The van der Waals surface area contributed by atoms with Gasteiger partial charge in [-0.3, -0.25) is 0 Å². The van der Waals surface area contributed by atoms with Crippen LogP contribution in [0.2, 0.25) is 0 Å². The van der Waals surface area contributed by atoms with E-state index in [4.69, 9.17) is 0 Å². The van der Waals surface area contributed by atoms with Crippen LogP contribution in [0.1, 0.15) is 46.5 Å². The van der Waals surface area contributed by atoms with Crippen molar-refractivity contribution in [1.29, 1.82) is 0 Å². The highest BCUT2D eigenvalue weighted by atomic mass is 15.2. The van der Waals surface area contributed by atoms with Gasteiger partial charge in [0.25, 0.3) is 0 Å². The van der Waals surface area contributed by atoms with Crippen molar-refractivity contribution in [3.63, 3.8) is 0 Å². The Labute approximate surface area is 132 Å². The lowest BCUT2D eigenvalue weighted by atomic mass is 9.70. The standard InChI is InChI=1S/C18H37N3/c1-6-19-13-18(9-7-15(2)8-10-18)14-21-11-16(3)17(12-21)20(4)5/h15-17,19H,6-14H2,1-5H3. The fourth-order valence-corrected chi connectivity index (χ4v) is 4.48. The average molecular weight is 296 g/mol. The van der Waals surface area contributed by atoms with E-state index in [0.29, 0.717) is 5.41 Å². The summed E-state index contributed by atoms with van der Waals surface area (Å²) in [6, 6.07) is 0.740. The summed E-state index contributed by atoms with van der Waals surface area (Å²) in [6.07, 6.45) is 5.68. The number of nitrogens with zero attached hydrogens (tertiary/aromatic N) is 2. The van der Waals surface area contributed by atoms with Gasteiger partial charge in [0.15, 0.2) is 0 Å². The fourth-order valence-electron chi connectivity index (χ4n) is 4.48. The highest BCUT2D eigenvalue weighted by Crippen LogP contribution is 2.40. The van der Waals surface area contributed by atoms with Gasteiger partial charge in [-0.15, -0.1) is 0 Å². The Bertz CT molecular complexity index is 302. The lowest BCUT2D eigenvalue weighted by Crippen LogP contribution is -2.46. The van der Waals surface area contributed by atoms with Crippen molar-refractivity contribution < 1.29 is 0 Å². The van der Waals surface area contributed by atoms with Crippen molar-refractivity contribution in [2.45, 2.75) is 52.5 Å². The van der Waals surface area contributed by atoms with Gasteiger partial charge < -0.3 is 15.1 Å². The largest absolute Gasteiger partial charge is 0.316 e. The van der Waals surface area contributed by atoms with E-state index in [2.05, 4.69) is 50.0 Å². The van der Waals surface area contributed by atoms with E-state index in [-0.39, 0.29) is 0 Å². The summed E-state index contributed by atoms with van der Waals surface area (Å²) in [7, 11) is 4.47. The maximum absolute atomic E-state index is 3.66. The molecule has 3 nitrogen and oxygen atoms in total. The zero-order valence-electron chi connectivity index (χ0n) is 15.0. The molecule has 0 amide bonds. The predicted molar refractivity (Wildman–Crippen MR) is 91.7 cm³/mol. The first-order valence-corrected chi connectivity index (χ1v) is 9.05. The lowest BCUT2D eigenvalue weighted by Gasteiger charge is -2.42. The molecule has 2 fully saturated rings. The first-order chi connectivity index (χ1) is 9.96. The van der Waals surface area contributed by atoms with Crippen molar-refractivity contribution in [2.24, 2.45) is 17.3 Å². The van der Waals surface area contributed by atoms with Crippen molar-refractivity contribution in [2.75, 3.05) is 46.8 Å². The zero-order chi connectivity index (χ0) is 15.5. The normalized spacial score (nSPS) is 38.3. The third kappa shape index (κ3) is 4.43. The lowest BCUT2D eigenvalue weighted by molar-refractivity contribution is 0.0948. The van der Waals surface area contributed by atoms with Crippen molar-refractivity contribution >= 4 is 0 Å². The van der Waals surface area contributed by atoms with Gasteiger partial charge in [-0.1, -0.05) is 33.6 Å². The smallest absolute Gasteiger partial charge is 0.0254 e. The summed E-state index contributed by atoms with van der Waals surface area (Å²) in [5.74, 6) is 1.74. The van der Waals surface area contributed by atoms with Gasteiger partial charge in [-0.25, -0.2) is 0 Å². The molecule has 1 saturated heterocycles. The molecule has 21 heavy (non-hydrogen) atoms. The molecule has 2 unspecified atom stereocenters. The number of nitrogens with one attached hydrogen (secondary N) is 1. The third-order valence-corrected chi connectivity index (χ3v) is 5.96. The Balaban J connectivity index is 1.96. The molecule has 0 bridgehead atoms. The maximum Gasteiger partial charge on any atom is 0.0254 e. The monoisotopic (exact) mass is 295 g/mol. The summed E-state index contributed by atoms with van der Waals surface area (Å²) in [5.41, 5.74) is 0.531. The van der Waals surface area contributed by atoms with E-state index in [0.717, 1.165) is 24.4 Å². The molecule has 0 radical (unpaired) electrons. The van der Waals surface area contributed by atoms with Crippen LogP contribution < -0.4 is 5.32 Å². The Morgan fingerprint density at radius 3 is 2.33 bits per heavy atom. The second-order valence-corrected chi connectivity index (χ2v) is 8.17. The van der Waals surface area contributed by atoms with Gasteiger partial charge in [-0.2, -0.15) is 0 Å². The molecule has 0 aromatic heterocycles. The Morgan fingerprint density at radius 2 is 1.81 bits per heavy atom. The molecule has 2 rings (SSSR count). The molecule has 1 saturated carbocycles. The van der Waals surface area contributed by atoms with Crippen molar-refractivity contribution in [1.82, 2.24) is 15.1 Å². The molecule has 1 N–H and O–H groups in total. The number of likely N-dealkylation sites (N-methyl/N-ethyl adjacent to an activating group) is 1. The van der Waals surface area contributed by atoms with E-state index < -0.39 is 0 Å². The Hall–Kier alpha value is -0.120. The van der Waals surface area contributed by atoms with Gasteiger partial charge in [0, 0.05) is 32.2 Å². The second kappa shape index (κ2) is 7.43. The minimum atomic E-state index is 0.531. The van der Waals surface area contributed by atoms with Crippen LogP contribution in [0.15, 0.2) is 0 Å². The van der Waals surface area contributed by atoms with E-state index >= 15 is 0 Å². The van der Waals surface area contributed by atoms with Crippen LogP contribution in [0.4, 0.5) is 0 Å². The molecule has 2 atom stereocenters. The Morgan fingerprint density at radius 1 is 1.14 bits per heavy atom. The van der Waals surface area contributed by atoms with Crippen LogP contribution in [-0.2, 0) is 0 Å². The average Bonchev–Trinajstić information content (AvgIpc) is 2.81. The van der Waals surface area contributed by atoms with Gasteiger partial charge in [0.05, 0.1) is 0 Å². The molecule has 2 aliphatic rings. The second-order valence-electron chi connectivity index (χ2n) is 8.17. The van der Waals surface area contributed by atoms with Crippen LogP contribution in [-0.4, -0.2) is 62.7 Å². The number of rotatable bonds is 6. The SMILES string of the molecule is CCNCC1(CN2CC(C)C(N(C)C)C2)CCC(C)CC1. The molecule has 1 heterocycles. The summed E-state index contributed by atoms with van der Waals surface area (Å²) in [5, 5.41) is 3.66. The van der Waals surface area contributed by atoms with Crippen LogP contribution in [0.25, 0.3) is 0 Å². The summed E-state index contributed by atoms with van der Waals surface area (Å²) < 4.78 is 0. The molecule has 0 aromatic rings. The molecule has 1 aliphatic heterocycles. The molecule has 0 spiro atoms. The predicted octanol–water partition coefficient (Wildman–Crippen LogP) is 2.67. The summed E-state index contributed by atoms with van der Waals surface area (Å²) >= 11 is 0. The van der Waals surface area contributed by atoms with Crippen LogP contribution in [0.5, 0.6) is 0 Å². The van der Waals surface area contributed by atoms with Crippen LogP contribution in [0.3, 0.4) is 0 Å². The van der Waals surface area contributed by atoms with Gasteiger partial charge in [-0.05, 0) is 50.7 Å². The summed E-state index contributed by atoms with van der Waals surface area (Å²) in [6.45, 7) is 13.3. The van der Waals surface area contributed by atoms with Crippen molar-refractivity contribution in [3.8, 4) is 0 Å². The topological polar surface area (TPSA) is 18.5 Å². The zero-order valence-corrected chi connectivity index (χ0v) is 15.0. The van der Waals surface area contributed by atoms with E-state index in [1.54, 1.807) is 0 Å². The van der Waals surface area contributed by atoms with E-state index in [1.165, 1.54) is 51.9 Å². The van der Waals surface area contributed by atoms with Crippen LogP contribution in [0, 0.1) is 17.3 Å². The number of hydrogen-bond donors (Lipinski definition) is 1. The quantitative estimate of drug-likeness (QED) is 0.813. The molecular weight excluding hydrogens is 258 g/mol. The first kappa shape index (κ1) is 17.2. The third-order valence-electron chi connectivity index (χ3n) is 5.96. The molecular formula is C18H37N3. The van der Waals surface area contributed by atoms with Gasteiger partial charge in [0.2, 0.25) is 0 Å². The van der Waals surface area contributed by atoms with Crippen molar-refractivity contribution in [3.05, 3.63) is 0 Å². The van der Waals surface area contributed by atoms with Gasteiger partial charge in [0.1, 0.15) is 0 Å². The summed E-state index contributed by atoms with van der Waals surface area (Å²) in [4.78, 5) is 5.17. The Kier molecular flexibility index (Phi) is 6.10. The minimum Gasteiger partial charge on any atom is -0.316 e.